The van der Waals surface area contributed by atoms with Gasteiger partial charge in [0.15, 0.2) is 0 Å². The van der Waals surface area contributed by atoms with Crippen molar-refractivity contribution in [1.29, 1.82) is 0 Å². The summed E-state index contributed by atoms with van der Waals surface area (Å²) in [6, 6.07) is 7.55. The Morgan fingerprint density at radius 1 is 1.58 bits per heavy atom. The monoisotopic (exact) mass is 280 g/mol. The second-order valence-electron chi connectivity index (χ2n) is 4.63. The molecule has 0 saturated carbocycles. The van der Waals surface area contributed by atoms with E-state index in [2.05, 4.69) is 10.5 Å². The molecule has 0 spiro atoms. The Morgan fingerprint density at radius 2 is 2.32 bits per heavy atom. The first-order valence-corrected chi connectivity index (χ1v) is 6.77. The van der Waals surface area contributed by atoms with Crippen molar-refractivity contribution >= 4 is 23.2 Å². The van der Waals surface area contributed by atoms with Gasteiger partial charge in [0.05, 0.1) is 5.71 Å². The minimum Gasteiger partial charge on any atom is -0.382 e. The molecule has 1 aromatic carbocycles. The van der Waals surface area contributed by atoms with Gasteiger partial charge in [0.1, 0.15) is 0 Å². The molecule has 1 amide bonds. The molecule has 0 bridgehead atoms. The summed E-state index contributed by atoms with van der Waals surface area (Å²) < 4.78 is 0. The van der Waals surface area contributed by atoms with Crippen molar-refractivity contribution in [3.05, 3.63) is 34.9 Å². The lowest BCUT2D eigenvalue weighted by molar-refractivity contribution is -0.131. The zero-order valence-electron chi connectivity index (χ0n) is 11.0. The second-order valence-corrected chi connectivity index (χ2v) is 5.04. The Kier molecular flexibility index (Phi) is 4.43. The lowest BCUT2D eigenvalue weighted by Crippen LogP contribution is -2.39. The number of benzene rings is 1. The van der Waals surface area contributed by atoms with Gasteiger partial charge in [-0.3, -0.25) is 4.79 Å². The average Bonchev–Trinajstić information content (AvgIpc) is 2.88. The van der Waals surface area contributed by atoms with Gasteiger partial charge >= 0.3 is 0 Å². The maximum Gasteiger partial charge on any atom is 0.264 e. The minimum absolute atomic E-state index is 0.125. The third-order valence-corrected chi connectivity index (χ3v) is 3.48. The summed E-state index contributed by atoms with van der Waals surface area (Å²) in [5.74, 6) is -0.125. The fourth-order valence-electron chi connectivity index (χ4n) is 1.81. The second kappa shape index (κ2) is 6.06. The van der Waals surface area contributed by atoms with Crippen LogP contribution in [0.5, 0.6) is 0 Å². The van der Waals surface area contributed by atoms with Crippen LogP contribution in [0.2, 0.25) is 5.02 Å². The molecule has 0 saturated heterocycles. The van der Waals surface area contributed by atoms with Crippen molar-refractivity contribution < 1.29 is 9.63 Å². The van der Waals surface area contributed by atoms with Crippen molar-refractivity contribution in [3.63, 3.8) is 0 Å². The SMILES string of the molecule is CC[C@@H](C)NC(=O)[C@H]1CC(c2ccccc2Cl)=NO1. The highest BCUT2D eigenvalue weighted by molar-refractivity contribution is 6.34. The molecule has 1 N–H and O–H groups in total. The number of carbonyl (C=O) groups is 1. The molecular formula is C14H17ClN2O2. The Bertz CT molecular complexity index is 502. The van der Waals surface area contributed by atoms with E-state index in [-0.39, 0.29) is 11.9 Å². The molecule has 0 aliphatic carbocycles. The molecule has 0 aromatic heterocycles. The van der Waals surface area contributed by atoms with Crippen molar-refractivity contribution in [2.75, 3.05) is 0 Å². The van der Waals surface area contributed by atoms with Crippen molar-refractivity contribution in [3.8, 4) is 0 Å². The quantitative estimate of drug-likeness (QED) is 0.922. The number of oxime groups is 1. The zero-order valence-corrected chi connectivity index (χ0v) is 11.8. The molecule has 0 radical (unpaired) electrons. The summed E-state index contributed by atoms with van der Waals surface area (Å²) >= 11 is 6.10. The molecule has 1 aromatic rings. The molecule has 2 atom stereocenters. The Hall–Kier alpha value is -1.55. The van der Waals surface area contributed by atoms with E-state index in [9.17, 15) is 4.79 Å². The van der Waals surface area contributed by atoms with Crippen molar-refractivity contribution in [1.82, 2.24) is 5.32 Å². The predicted octanol–water partition coefficient (Wildman–Crippen LogP) is 2.75. The Balaban J connectivity index is 2.00. The smallest absolute Gasteiger partial charge is 0.264 e. The van der Waals surface area contributed by atoms with Crippen molar-refractivity contribution in [2.45, 2.75) is 38.8 Å². The summed E-state index contributed by atoms with van der Waals surface area (Å²) in [6.07, 6.45) is 0.781. The van der Waals surface area contributed by atoms with Gasteiger partial charge in [-0.2, -0.15) is 0 Å². The number of nitrogens with one attached hydrogen (secondary N) is 1. The predicted molar refractivity (Wildman–Crippen MR) is 75.4 cm³/mol. The highest BCUT2D eigenvalue weighted by atomic mass is 35.5. The summed E-state index contributed by atoms with van der Waals surface area (Å²) in [5.41, 5.74) is 1.54. The molecule has 2 rings (SSSR count). The number of rotatable bonds is 4. The van der Waals surface area contributed by atoms with Crippen LogP contribution in [-0.2, 0) is 9.63 Å². The van der Waals surface area contributed by atoms with Crippen LogP contribution >= 0.6 is 11.6 Å². The van der Waals surface area contributed by atoms with Gasteiger partial charge < -0.3 is 10.2 Å². The van der Waals surface area contributed by atoms with Gasteiger partial charge in [-0.15, -0.1) is 0 Å². The van der Waals surface area contributed by atoms with Crippen LogP contribution in [0.1, 0.15) is 32.3 Å². The molecule has 4 nitrogen and oxygen atoms in total. The van der Waals surface area contributed by atoms with E-state index in [4.69, 9.17) is 16.4 Å². The summed E-state index contributed by atoms with van der Waals surface area (Å²) in [5, 5.41) is 7.48. The normalized spacial score (nSPS) is 19.5. The molecular weight excluding hydrogens is 264 g/mol. The third kappa shape index (κ3) is 3.26. The maximum atomic E-state index is 11.9. The first-order chi connectivity index (χ1) is 9.11. The van der Waals surface area contributed by atoms with Crippen LogP contribution in [-0.4, -0.2) is 23.8 Å². The topological polar surface area (TPSA) is 50.7 Å². The van der Waals surface area contributed by atoms with Gasteiger partial charge in [0.2, 0.25) is 6.10 Å². The number of hydrogen-bond acceptors (Lipinski definition) is 3. The van der Waals surface area contributed by atoms with Gasteiger partial charge in [-0.1, -0.05) is 41.9 Å². The zero-order chi connectivity index (χ0) is 13.8. The number of amides is 1. The summed E-state index contributed by atoms with van der Waals surface area (Å²) in [4.78, 5) is 17.1. The highest BCUT2D eigenvalue weighted by Crippen LogP contribution is 2.22. The van der Waals surface area contributed by atoms with Gasteiger partial charge in [-0.05, 0) is 19.4 Å². The number of nitrogens with zero attached hydrogens (tertiary/aromatic N) is 1. The summed E-state index contributed by atoms with van der Waals surface area (Å²) in [6.45, 7) is 3.98. The molecule has 0 unspecified atom stereocenters. The molecule has 102 valence electrons. The molecule has 5 heteroatoms. The lowest BCUT2D eigenvalue weighted by Gasteiger charge is -2.14. The minimum atomic E-state index is -0.555. The van der Waals surface area contributed by atoms with Gasteiger partial charge in [0.25, 0.3) is 5.91 Å². The van der Waals surface area contributed by atoms with Crippen LogP contribution in [0, 0.1) is 0 Å². The number of carbonyl (C=O) groups excluding carboxylic acids is 1. The van der Waals surface area contributed by atoms with Crippen molar-refractivity contribution in [2.24, 2.45) is 5.16 Å². The number of hydrogen-bond donors (Lipinski definition) is 1. The van der Waals surface area contributed by atoms with E-state index in [0.29, 0.717) is 11.4 Å². The molecule has 1 aliphatic heterocycles. The van der Waals surface area contributed by atoms with E-state index >= 15 is 0 Å². The third-order valence-electron chi connectivity index (χ3n) is 3.15. The van der Waals surface area contributed by atoms with E-state index in [1.54, 1.807) is 6.07 Å². The van der Waals surface area contributed by atoms with Crippen LogP contribution in [0.25, 0.3) is 0 Å². The van der Waals surface area contributed by atoms with E-state index in [1.807, 2.05) is 32.0 Å². The molecule has 19 heavy (non-hydrogen) atoms. The summed E-state index contributed by atoms with van der Waals surface area (Å²) in [7, 11) is 0. The maximum absolute atomic E-state index is 11.9. The molecule has 1 aliphatic rings. The van der Waals surface area contributed by atoms with E-state index in [1.165, 1.54) is 0 Å². The molecule has 0 fully saturated rings. The largest absolute Gasteiger partial charge is 0.382 e. The average molecular weight is 281 g/mol. The fourth-order valence-corrected chi connectivity index (χ4v) is 2.05. The van der Waals surface area contributed by atoms with E-state index in [0.717, 1.165) is 17.7 Å². The first kappa shape index (κ1) is 13.9. The first-order valence-electron chi connectivity index (χ1n) is 6.39. The highest BCUT2D eigenvalue weighted by Gasteiger charge is 2.29. The van der Waals surface area contributed by atoms with Crippen LogP contribution in [0.15, 0.2) is 29.4 Å². The lowest BCUT2D eigenvalue weighted by atomic mass is 10.0. The standard InChI is InChI=1S/C14H17ClN2O2/c1-3-9(2)16-14(18)13-8-12(17-19-13)10-6-4-5-7-11(10)15/h4-7,9,13H,3,8H2,1-2H3,(H,16,18)/t9-,13-/m1/s1. The van der Waals surface area contributed by atoms with E-state index < -0.39 is 6.10 Å². The van der Waals surface area contributed by atoms with Crippen LogP contribution in [0.4, 0.5) is 0 Å². The molecule has 1 heterocycles. The Labute approximate surface area is 117 Å². The van der Waals surface area contributed by atoms with Crippen LogP contribution in [0.3, 0.4) is 0 Å². The fraction of sp³-hybridized carbons (Fsp3) is 0.429. The number of halogens is 1. The van der Waals surface area contributed by atoms with Crippen LogP contribution < -0.4 is 5.32 Å². The Morgan fingerprint density at radius 3 is 3.00 bits per heavy atom. The van der Waals surface area contributed by atoms with Gasteiger partial charge in [-0.25, -0.2) is 0 Å². The van der Waals surface area contributed by atoms with Gasteiger partial charge in [0, 0.05) is 23.0 Å².